The van der Waals surface area contributed by atoms with Crippen LogP contribution in [0.1, 0.15) is 6.42 Å². The van der Waals surface area contributed by atoms with Crippen molar-refractivity contribution in [3.63, 3.8) is 0 Å². The van der Waals surface area contributed by atoms with E-state index in [0.29, 0.717) is 4.47 Å². The molecule has 1 fully saturated rings. The maximum Gasteiger partial charge on any atom is 0.225 e. The monoisotopic (exact) mass is 331 g/mol. The molecule has 16 heavy (non-hydrogen) atoms. The summed E-state index contributed by atoms with van der Waals surface area (Å²) in [6.45, 7) is 0. The van der Waals surface area contributed by atoms with Crippen LogP contribution in [0.4, 0.5) is 14.6 Å². The van der Waals surface area contributed by atoms with Crippen molar-refractivity contribution >= 4 is 44.9 Å². The van der Waals surface area contributed by atoms with Crippen LogP contribution in [0.3, 0.4) is 0 Å². The Hall–Kier alpha value is -0.200. The van der Waals surface area contributed by atoms with E-state index in [0.717, 1.165) is 0 Å². The van der Waals surface area contributed by atoms with Gasteiger partial charge in [0.15, 0.2) is 0 Å². The number of rotatable bonds is 2. The highest BCUT2D eigenvalue weighted by Gasteiger charge is 2.42. The Morgan fingerprint density at radius 2 is 1.88 bits per heavy atom. The van der Waals surface area contributed by atoms with Crippen molar-refractivity contribution in [3.8, 4) is 0 Å². The van der Waals surface area contributed by atoms with Crippen LogP contribution < -0.4 is 5.32 Å². The second-order valence-corrected chi connectivity index (χ2v) is 4.87. The molecule has 0 saturated heterocycles. The molecule has 0 spiro atoms. The molecule has 3 nitrogen and oxygen atoms in total. The van der Waals surface area contributed by atoms with Crippen LogP contribution in [-0.2, 0) is 0 Å². The third kappa shape index (κ3) is 2.24. The fourth-order valence-electron chi connectivity index (χ4n) is 1.37. The first kappa shape index (κ1) is 12.3. The Kier molecular flexibility index (Phi) is 3.51. The highest BCUT2D eigenvalue weighted by molar-refractivity contribution is 9.10. The third-order valence-electron chi connectivity index (χ3n) is 2.32. The van der Waals surface area contributed by atoms with Crippen molar-refractivity contribution in [1.82, 2.24) is 9.97 Å². The van der Waals surface area contributed by atoms with Gasteiger partial charge in [0, 0.05) is 6.42 Å². The van der Waals surface area contributed by atoms with Gasteiger partial charge in [-0.3, -0.25) is 0 Å². The van der Waals surface area contributed by atoms with E-state index in [2.05, 4.69) is 31.2 Å². The molecule has 0 bridgehead atoms. The highest BCUT2D eigenvalue weighted by atomic mass is 79.9. The largest absolute Gasteiger partial charge is 0.360 e. The van der Waals surface area contributed by atoms with Crippen LogP contribution in [0, 0.1) is 0 Å². The predicted molar refractivity (Wildman–Crippen MR) is 61.6 cm³/mol. The van der Waals surface area contributed by atoms with Gasteiger partial charge >= 0.3 is 0 Å². The number of nitrogens with zero attached hydrogens (tertiary/aromatic N) is 2. The number of anilines is 1. The van der Waals surface area contributed by atoms with Crippen LogP contribution in [0.2, 0.25) is 10.4 Å². The highest BCUT2D eigenvalue weighted by Crippen LogP contribution is 2.34. The molecule has 88 valence electrons. The Morgan fingerprint density at radius 1 is 1.25 bits per heavy atom. The van der Waals surface area contributed by atoms with Crippen molar-refractivity contribution in [1.29, 1.82) is 0 Å². The number of aromatic nitrogens is 2. The lowest BCUT2D eigenvalue weighted by Crippen LogP contribution is -2.51. The van der Waals surface area contributed by atoms with Crippen molar-refractivity contribution in [2.45, 2.75) is 24.8 Å². The lowest BCUT2D eigenvalue weighted by molar-refractivity contribution is 0.0710. The topological polar surface area (TPSA) is 37.8 Å². The maximum atomic E-state index is 13.0. The molecular formula is C8H6BrCl2F2N3. The average molecular weight is 333 g/mol. The van der Waals surface area contributed by atoms with E-state index in [-0.39, 0.29) is 22.7 Å². The van der Waals surface area contributed by atoms with Gasteiger partial charge in [0.2, 0.25) is 5.28 Å². The Labute approximate surface area is 109 Å². The van der Waals surface area contributed by atoms with E-state index >= 15 is 0 Å². The van der Waals surface area contributed by atoms with E-state index in [9.17, 15) is 8.78 Å². The van der Waals surface area contributed by atoms with E-state index in [4.69, 9.17) is 23.2 Å². The Balaban J connectivity index is 2.21. The summed E-state index contributed by atoms with van der Waals surface area (Å²) in [6.07, 6.45) is -2.55. The second-order valence-electron chi connectivity index (χ2n) is 3.38. The van der Waals surface area contributed by atoms with E-state index in [1.54, 1.807) is 0 Å². The molecule has 2 atom stereocenters. The number of hydrogen-bond donors (Lipinski definition) is 1. The van der Waals surface area contributed by atoms with Gasteiger partial charge < -0.3 is 5.32 Å². The van der Waals surface area contributed by atoms with Crippen molar-refractivity contribution in [2.24, 2.45) is 0 Å². The van der Waals surface area contributed by atoms with E-state index < -0.39 is 18.4 Å². The first-order valence-electron chi connectivity index (χ1n) is 4.42. The molecule has 1 N–H and O–H groups in total. The Bertz CT molecular complexity index is 413. The number of alkyl halides is 2. The van der Waals surface area contributed by atoms with Gasteiger partial charge in [-0.05, 0) is 27.5 Å². The van der Waals surface area contributed by atoms with Crippen molar-refractivity contribution < 1.29 is 8.78 Å². The SMILES string of the molecule is FC1CC(F)C1Nc1nc(Cl)nc(Cl)c1Br. The maximum absolute atomic E-state index is 13.0. The fourth-order valence-corrected chi connectivity index (χ4v) is 2.04. The van der Waals surface area contributed by atoms with Gasteiger partial charge in [-0.25, -0.2) is 13.8 Å². The number of nitrogens with one attached hydrogen (secondary N) is 1. The van der Waals surface area contributed by atoms with E-state index in [1.807, 2.05) is 0 Å². The summed E-state index contributed by atoms with van der Waals surface area (Å²) >= 11 is 14.4. The predicted octanol–water partition coefficient (Wildman–Crippen LogP) is 3.41. The summed E-state index contributed by atoms with van der Waals surface area (Å²) in [7, 11) is 0. The molecule has 1 aromatic rings. The fraction of sp³-hybridized carbons (Fsp3) is 0.500. The number of hydrogen-bond acceptors (Lipinski definition) is 3. The van der Waals surface area contributed by atoms with Crippen molar-refractivity contribution in [2.75, 3.05) is 5.32 Å². The third-order valence-corrected chi connectivity index (χ3v) is 3.74. The van der Waals surface area contributed by atoms with Crippen LogP contribution >= 0.6 is 39.1 Å². The molecule has 1 aliphatic rings. The summed E-state index contributed by atoms with van der Waals surface area (Å²) in [5, 5.41) is 2.62. The minimum atomic E-state index is -1.23. The zero-order valence-electron chi connectivity index (χ0n) is 7.72. The van der Waals surface area contributed by atoms with Gasteiger partial charge in [0.05, 0.1) is 10.5 Å². The smallest absolute Gasteiger partial charge is 0.225 e. The molecule has 0 radical (unpaired) electrons. The van der Waals surface area contributed by atoms with Gasteiger partial charge in [0.25, 0.3) is 0 Å². The quantitative estimate of drug-likeness (QED) is 0.666. The summed E-state index contributed by atoms with van der Waals surface area (Å²) in [5.41, 5.74) is 0. The molecule has 0 amide bonds. The Morgan fingerprint density at radius 3 is 2.44 bits per heavy atom. The average Bonchev–Trinajstić information content (AvgIpc) is 2.21. The normalized spacial score (nSPS) is 28.7. The molecule has 8 heteroatoms. The molecule has 1 saturated carbocycles. The molecule has 0 aromatic carbocycles. The number of halogens is 5. The summed E-state index contributed by atoms with van der Waals surface area (Å²) in [4.78, 5) is 7.47. The van der Waals surface area contributed by atoms with Gasteiger partial charge in [-0.2, -0.15) is 4.98 Å². The minimum Gasteiger partial charge on any atom is -0.360 e. The second kappa shape index (κ2) is 4.58. The zero-order chi connectivity index (χ0) is 11.9. The van der Waals surface area contributed by atoms with E-state index in [1.165, 1.54) is 0 Å². The lowest BCUT2D eigenvalue weighted by Gasteiger charge is -2.35. The van der Waals surface area contributed by atoms with Crippen molar-refractivity contribution in [3.05, 3.63) is 14.9 Å². The van der Waals surface area contributed by atoms with Crippen LogP contribution in [-0.4, -0.2) is 28.4 Å². The molecule has 2 unspecified atom stereocenters. The molecule has 1 aromatic heterocycles. The lowest BCUT2D eigenvalue weighted by atomic mass is 9.88. The van der Waals surface area contributed by atoms with Crippen LogP contribution in [0.5, 0.6) is 0 Å². The summed E-state index contributed by atoms with van der Waals surface area (Å²) < 4.78 is 26.4. The van der Waals surface area contributed by atoms with Gasteiger partial charge in [-0.1, -0.05) is 11.6 Å². The molecule has 0 aliphatic heterocycles. The first-order chi connectivity index (χ1) is 7.49. The first-order valence-corrected chi connectivity index (χ1v) is 5.97. The summed E-state index contributed by atoms with van der Waals surface area (Å²) in [6, 6.07) is -0.904. The zero-order valence-corrected chi connectivity index (χ0v) is 10.8. The van der Waals surface area contributed by atoms with Crippen LogP contribution in [0.15, 0.2) is 4.47 Å². The summed E-state index contributed by atoms with van der Waals surface area (Å²) in [5.74, 6) is 0.194. The molecular weight excluding hydrogens is 327 g/mol. The standard InChI is InChI=1S/C8H6BrCl2F2N3/c9-4-6(10)15-8(11)16-7(4)14-5-2(12)1-3(5)13/h2-3,5H,1H2,(H,14,15,16). The minimum absolute atomic E-state index is 0.0826. The van der Waals surface area contributed by atoms with Gasteiger partial charge in [0.1, 0.15) is 23.3 Å². The van der Waals surface area contributed by atoms with Crippen LogP contribution in [0.25, 0.3) is 0 Å². The molecule has 1 heterocycles. The van der Waals surface area contributed by atoms with Gasteiger partial charge in [-0.15, -0.1) is 0 Å². The molecule has 1 aliphatic carbocycles. The molecule has 2 rings (SSSR count).